The van der Waals surface area contributed by atoms with Gasteiger partial charge in [0.25, 0.3) is 0 Å². The molecule has 1 aromatic carbocycles. The first-order chi connectivity index (χ1) is 7.59. The highest BCUT2D eigenvalue weighted by Crippen LogP contribution is 2.25. The lowest BCUT2D eigenvalue weighted by Crippen LogP contribution is -2.01. The van der Waals surface area contributed by atoms with Crippen LogP contribution in [0.5, 0.6) is 5.75 Å². The molecular formula is C12H11NO3. The fraction of sp³-hybridized carbons (Fsp3) is 0.0833. The van der Waals surface area contributed by atoms with E-state index in [0.717, 1.165) is 5.69 Å². The average molecular weight is 217 g/mol. The van der Waals surface area contributed by atoms with Crippen LogP contribution in [-0.4, -0.2) is 20.7 Å². The van der Waals surface area contributed by atoms with Crippen molar-refractivity contribution in [2.75, 3.05) is 0 Å². The van der Waals surface area contributed by atoms with Crippen LogP contribution in [0.25, 0.3) is 5.69 Å². The molecule has 0 spiro atoms. The smallest absolute Gasteiger partial charge is 0.339 e. The lowest BCUT2D eigenvalue weighted by molar-refractivity contribution is 0.0693. The Morgan fingerprint density at radius 1 is 1.25 bits per heavy atom. The summed E-state index contributed by atoms with van der Waals surface area (Å²) in [6.45, 7) is 1.68. The van der Waals surface area contributed by atoms with Crippen molar-refractivity contribution in [3.8, 4) is 11.4 Å². The zero-order chi connectivity index (χ0) is 11.7. The van der Waals surface area contributed by atoms with Crippen LogP contribution >= 0.6 is 0 Å². The SMILES string of the molecule is Cc1cc(-n2cccc2)cc(C(=O)O)c1O. The van der Waals surface area contributed by atoms with E-state index in [1.165, 1.54) is 6.07 Å². The molecule has 0 atom stereocenters. The third-order valence-electron chi connectivity index (χ3n) is 2.42. The highest BCUT2D eigenvalue weighted by molar-refractivity contribution is 5.92. The van der Waals surface area contributed by atoms with Crippen molar-refractivity contribution in [3.63, 3.8) is 0 Å². The van der Waals surface area contributed by atoms with Gasteiger partial charge in [0.1, 0.15) is 11.3 Å². The summed E-state index contributed by atoms with van der Waals surface area (Å²) in [6, 6.07) is 6.89. The molecule has 4 nitrogen and oxygen atoms in total. The summed E-state index contributed by atoms with van der Waals surface area (Å²) < 4.78 is 1.79. The Kier molecular flexibility index (Phi) is 2.40. The first-order valence-electron chi connectivity index (χ1n) is 4.80. The Balaban J connectivity index is 2.62. The third kappa shape index (κ3) is 1.65. The van der Waals surface area contributed by atoms with Crippen LogP contribution in [0, 0.1) is 6.92 Å². The van der Waals surface area contributed by atoms with E-state index in [1.54, 1.807) is 17.6 Å². The molecular weight excluding hydrogens is 206 g/mol. The number of aryl methyl sites for hydroxylation is 1. The minimum Gasteiger partial charge on any atom is -0.507 e. The number of aromatic nitrogens is 1. The number of carboxylic acids is 1. The highest BCUT2D eigenvalue weighted by Gasteiger charge is 2.13. The van der Waals surface area contributed by atoms with Crippen LogP contribution in [0.4, 0.5) is 0 Å². The van der Waals surface area contributed by atoms with Crippen LogP contribution in [0.3, 0.4) is 0 Å². The predicted octanol–water partition coefficient (Wildman–Crippen LogP) is 2.19. The van der Waals surface area contributed by atoms with E-state index in [4.69, 9.17) is 5.11 Å². The van der Waals surface area contributed by atoms with Gasteiger partial charge in [0.05, 0.1) is 0 Å². The number of carboxylic acid groups (broad SMARTS) is 1. The molecule has 0 fully saturated rings. The highest BCUT2D eigenvalue weighted by atomic mass is 16.4. The van der Waals surface area contributed by atoms with E-state index in [-0.39, 0.29) is 11.3 Å². The summed E-state index contributed by atoms with van der Waals surface area (Å²) in [6.07, 6.45) is 3.63. The summed E-state index contributed by atoms with van der Waals surface area (Å²) >= 11 is 0. The molecule has 0 saturated heterocycles. The van der Waals surface area contributed by atoms with Crippen LogP contribution < -0.4 is 0 Å². The van der Waals surface area contributed by atoms with Crippen molar-refractivity contribution in [1.29, 1.82) is 0 Å². The minimum absolute atomic E-state index is 0.0799. The topological polar surface area (TPSA) is 62.5 Å². The molecule has 0 radical (unpaired) electrons. The molecule has 0 unspecified atom stereocenters. The van der Waals surface area contributed by atoms with Gasteiger partial charge in [-0.25, -0.2) is 4.79 Å². The van der Waals surface area contributed by atoms with E-state index < -0.39 is 5.97 Å². The normalized spacial score (nSPS) is 10.3. The second-order valence-corrected chi connectivity index (χ2v) is 3.55. The molecule has 1 heterocycles. The summed E-state index contributed by atoms with van der Waals surface area (Å²) in [4.78, 5) is 10.9. The van der Waals surface area contributed by atoms with Crippen LogP contribution in [-0.2, 0) is 0 Å². The largest absolute Gasteiger partial charge is 0.507 e. The van der Waals surface area contributed by atoms with Crippen molar-refractivity contribution in [2.24, 2.45) is 0 Å². The third-order valence-corrected chi connectivity index (χ3v) is 2.42. The summed E-state index contributed by atoms with van der Waals surface area (Å²) in [5.41, 5.74) is 1.19. The number of hydrogen-bond donors (Lipinski definition) is 2. The fourth-order valence-electron chi connectivity index (χ4n) is 1.58. The van der Waals surface area contributed by atoms with Crippen LogP contribution in [0.2, 0.25) is 0 Å². The number of aromatic hydroxyl groups is 1. The second kappa shape index (κ2) is 3.73. The average Bonchev–Trinajstić information content (AvgIpc) is 2.74. The van der Waals surface area contributed by atoms with E-state index in [9.17, 15) is 9.90 Å². The van der Waals surface area contributed by atoms with Gasteiger partial charge >= 0.3 is 5.97 Å². The number of phenols is 1. The summed E-state index contributed by atoms with van der Waals surface area (Å²) in [5, 5.41) is 18.5. The first kappa shape index (κ1) is 10.3. The van der Waals surface area contributed by atoms with Gasteiger partial charge in [-0.3, -0.25) is 0 Å². The van der Waals surface area contributed by atoms with Crippen molar-refractivity contribution in [2.45, 2.75) is 6.92 Å². The maximum absolute atomic E-state index is 10.9. The molecule has 2 N–H and O–H groups in total. The Bertz CT molecular complexity index is 529. The number of aromatic carboxylic acids is 1. The van der Waals surface area contributed by atoms with Crippen LogP contribution in [0.1, 0.15) is 15.9 Å². The maximum atomic E-state index is 10.9. The van der Waals surface area contributed by atoms with Gasteiger partial charge in [-0.1, -0.05) is 0 Å². The molecule has 16 heavy (non-hydrogen) atoms. The molecule has 0 saturated carbocycles. The van der Waals surface area contributed by atoms with Crippen LogP contribution in [0.15, 0.2) is 36.7 Å². The lowest BCUT2D eigenvalue weighted by atomic mass is 10.1. The van der Waals surface area contributed by atoms with E-state index in [2.05, 4.69) is 0 Å². The second-order valence-electron chi connectivity index (χ2n) is 3.55. The summed E-state index contributed by atoms with van der Waals surface area (Å²) in [5.74, 6) is -1.31. The van der Waals surface area contributed by atoms with Gasteiger partial charge in [0, 0.05) is 18.1 Å². The van der Waals surface area contributed by atoms with E-state index in [0.29, 0.717) is 5.56 Å². The Morgan fingerprint density at radius 2 is 1.88 bits per heavy atom. The zero-order valence-corrected chi connectivity index (χ0v) is 8.71. The molecule has 0 amide bonds. The maximum Gasteiger partial charge on any atom is 0.339 e. The van der Waals surface area contributed by atoms with Gasteiger partial charge in [-0.15, -0.1) is 0 Å². The van der Waals surface area contributed by atoms with E-state index in [1.807, 2.05) is 24.5 Å². The molecule has 1 aromatic heterocycles. The number of carbonyl (C=O) groups is 1. The summed E-state index contributed by atoms with van der Waals surface area (Å²) in [7, 11) is 0. The van der Waals surface area contributed by atoms with Gasteiger partial charge in [-0.2, -0.15) is 0 Å². The molecule has 4 heteroatoms. The predicted molar refractivity (Wildman–Crippen MR) is 59.1 cm³/mol. The number of benzene rings is 1. The van der Waals surface area contributed by atoms with Gasteiger partial charge in [-0.05, 0) is 36.8 Å². The van der Waals surface area contributed by atoms with Crippen molar-refractivity contribution in [3.05, 3.63) is 47.8 Å². The van der Waals surface area contributed by atoms with Crippen molar-refractivity contribution < 1.29 is 15.0 Å². The standard InChI is InChI=1S/C12H11NO3/c1-8-6-9(13-4-2-3-5-13)7-10(11(8)14)12(15)16/h2-7,14H,1H3,(H,15,16). The zero-order valence-electron chi connectivity index (χ0n) is 8.71. The Hall–Kier alpha value is -2.23. The fourth-order valence-corrected chi connectivity index (χ4v) is 1.58. The first-order valence-corrected chi connectivity index (χ1v) is 4.80. The van der Waals surface area contributed by atoms with Crippen molar-refractivity contribution >= 4 is 5.97 Å². The van der Waals surface area contributed by atoms with Gasteiger partial charge in [0.2, 0.25) is 0 Å². The molecule has 82 valence electrons. The van der Waals surface area contributed by atoms with Gasteiger partial charge < -0.3 is 14.8 Å². The number of hydrogen-bond acceptors (Lipinski definition) is 2. The monoisotopic (exact) mass is 217 g/mol. The molecule has 2 rings (SSSR count). The van der Waals surface area contributed by atoms with Crippen molar-refractivity contribution in [1.82, 2.24) is 4.57 Å². The van der Waals surface area contributed by atoms with Gasteiger partial charge in [0.15, 0.2) is 0 Å². The molecule has 0 aliphatic heterocycles. The molecule has 0 aliphatic carbocycles. The van der Waals surface area contributed by atoms with E-state index >= 15 is 0 Å². The number of rotatable bonds is 2. The quantitative estimate of drug-likeness (QED) is 0.810. The molecule has 0 aliphatic rings. The molecule has 0 bridgehead atoms. The number of nitrogens with zero attached hydrogens (tertiary/aromatic N) is 1. The minimum atomic E-state index is -1.13. The lowest BCUT2D eigenvalue weighted by Gasteiger charge is -2.08. The Labute approximate surface area is 92.4 Å². The molecule has 2 aromatic rings. The Morgan fingerprint density at radius 3 is 2.44 bits per heavy atom.